The Kier molecular flexibility index (Phi) is 2.41. The molecule has 1 aliphatic rings. The first kappa shape index (κ1) is 10.4. The van der Waals surface area contributed by atoms with Gasteiger partial charge in [0.2, 0.25) is 0 Å². The summed E-state index contributed by atoms with van der Waals surface area (Å²) in [7, 11) is 1.91. The zero-order valence-electron chi connectivity index (χ0n) is 9.71. The van der Waals surface area contributed by atoms with E-state index in [2.05, 4.69) is 18.9 Å². The standard InChI is InChI=1S/C12H18N2O/c1-4-9-7-10(14(3)13-9)8-11(15)12(2)5-6-12/h7H,4-6,8H2,1-3H3. The molecule has 0 aromatic carbocycles. The molecule has 3 nitrogen and oxygen atoms in total. The Morgan fingerprint density at radius 3 is 2.73 bits per heavy atom. The van der Waals surface area contributed by atoms with Gasteiger partial charge in [-0.15, -0.1) is 0 Å². The van der Waals surface area contributed by atoms with Gasteiger partial charge in [0.1, 0.15) is 5.78 Å². The van der Waals surface area contributed by atoms with Crippen LogP contribution in [0.15, 0.2) is 6.07 Å². The van der Waals surface area contributed by atoms with Crippen molar-refractivity contribution in [3.8, 4) is 0 Å². The van der Waals surface area contributed by atoms with E-state index in [4.69, 9.17) is 0 Å². The highest BCUT2D eigenvalue weighted by Gasteiger charge is 2.44. The van der Waals surface area contributed by atoms with Crippen LogP contribution in [0.1, 0.15) is 38.1 Å². The number of aryl methyl sites for hydroxylation is 2. The maximum absolute atomic E-state index is 11.9. The highest BCUT2D eigenvalue weighted by atomic mass is 16.1. The maximum Gasteiger partial charge on any atom is 0.144 e. The van der Waals surface area contributed by atoms with E-state index in [-0.39, 0.29) is 5.41 Å². The number of hydrogen-bond donors (Lipinski definition) is 0. The van der Waals surface area contributed by atoms with Gasteiger partial charge in [-0.25, -0.2) is 0 Å². The summed E-state index contributed by atoms with van der Waals surface area (Å²) in [6.45, 7) is 4.14. The van der Waals surface area contributed by atoms with Gasteiger partial charge in [0.05, 0.1) is 5.69 Å². The molecule has 0 amide bonds. The number of aromatic nitrogens is 2. The zero-order chi connectivity index (χ0) is 11.1. The van der Waals surface area contributed by atoms with Gasteiger partial charge in [-0.2, -0.15) is 5.10 Å². The average molecular weight is 206 g/mol. The number of nitrogens with zero attached hydrogens (tertiary/aromatic N) is 2. The van der Waals surface area contributed by atoms with E-state index in [1.165, 1.54) is 0 Å². The second kappa shape index (κ2) is 3.47. The molecule has 0 bridgehead atoms. The van der Waals surface area contributed by atoms with Crippen molar-refractivity contribution in [3.63, 3.8) is 0 Å². The van der Waals surface area contributed by atoms with Gasteiger partial charge < -0.3 is 0 Å². The molecule has 0 N–H and O–H groups in total. The minimum Gasteiger partial charge on any atom is -0.299 e. The first-order chi connectivity index (χ1) is 7.05. The number of carbonyl (C=O) groups excluding carboxylic acids is 1. The minimum absolute atomic E-state index is 0.0172. The highest BCUT2D eigenvalue weighted by molar-refractivity contribution is 5.88. The van der Waals surface area contributed by atoms with Gasteiger partial charge in [0, 0.05) is 24.6 Å². The van der Waals surface area contributed by atoms with Crippen LogP contribution in [0.25, 0.3) is 0 Å². The van der Waals surface area contributed by atoms with Crippen molar-refractivity contribution in [3.05, 3.63) is 17.5 Å². The van der Waals surface area contributed by atoms with Crippen molar-refractivity contribution in [2.45, 2.75) is 39.5 Å². The van der Waals surface area contributed by atoms with Crippen LogP contribution >= 0.6 is 0 Å². The van der Waals surface area contributed by atoms with Gasteiger partial charge in [-0.05, 0) is 25.3 Å². The van der Waals surface area contributed by atoms with Crippen LogP contribution in [-0.2, 0) is 24.7 Å². The fourth-order valence-corrected chi connectivity index (χ4v) is 1.75. The van der Waals surface area contributed by atoms with Crippen molar-refractivity contribution >= 4 is 5.78 Å². The van der Waals surface area contributed by atoms with Crippen LogP contribution in [0.4, 0.5) is 0 Å². The molecule has 0 spiro atoms. The Labute approximate surface area is 90.5 Å². The molecule has 1 fully saturated rings. The summed E-state index contributed by atoms with van der Waals surface area (Å²) in [4.78, 5) is 11.9. The number of hydrogen-bond acceptors (Lipinski definition) is 2. The Hall–Kier alpha value is -1.12. The molecule has 0 unspecified atom stereocenters. The van der Waals surface area contributed by atoms with Crippen molar-refractivity contribution in [2.24, 2.45) is 12.5 Å². The second-order valence-electron chi connectivity index (χ2n) is 4.76. The number of Topliss-reactive ketones (excluding diaryl/α,β-unsaturated/α-hetero) is 1. The lowest BCUT2D eigenvalue weighted by Crippen LogP contribution is -2.16. The van der Waals surface area contributed by atoms with Gasteiger partial charge >= 0.3 is 0 Å². The second-order valence-corrected chi connectivity index (χ2v) is 4.76. The summed E-state index contributed by atoms with van der Waals surface area (Å²) in [6, 6.07) is 2.05. The molecule has 1 heterocycles. The van der Waals surface area contributed by atoms with Crippen LogP contribution in [0, 0.1) is 5.41 Å². The lowest BCUT2D eigenvalue weighted by atomic mass is 9.99. The van der Waals surface area contributed by atoms with E-state index in [9.17, 15) is 4.79 Å². The quantitative estimate of drug-likeness (QED) is 0.754. The third-order valence-corrected chi connectivity index (χ3v) is 3.40. The molecule has 82 valence electrons. The topological polar surface area (TPSA) is 34.9 Å². The molecule has 0 aliphatic heterocycles. The van der Waals surface area contributed by atoms with Crippen molar-refractivity contribution in [1.29, 1.82) is 0 Å². The van der Waals surface area contributed by atoms with Crippen LogP contribution in [0.2, 0.25) is 0 Å². The summed E-state index contributed by atoms with van der Waals surface area (Å²) in [5.74, 6) is 0.369. The predicted octanol–water partition coefficient (Wildman–Crippen LogP) is 1.89. The maximum atomic E-state index is 11.9. The van der Waals surface area contributed by atoms with Gasteiger partial charge in [0.15, 0.2) is 0 Å². The van der Waals surface area contributed by atoms with Crippen molar-refractivity contribution < 1.29 is 4.79 Å². The van der Waals surface area contributed by atoms with Crippen LogP contribution in [-0.4, -0.2) is 15.6 Å². The molecule has 0 atom stereocenters. The summed E-state index contributed by atoms with van der Waals surface area (Å²) < 4.78 is 1.84. The highest BCUT2D eigenvalue weighted by Crippen LogP contribution is 2.46. The number of ketones is 1. The Balaban J connectivity index is 2.10. The lowest BCUT2D eigenvalue weighted by molar-refractivity contribution is -0.123. The predicted molar refractivity (Wildman–Crippen MR) is 58.6 cm³/mol. The first-order valence-electron chi connectivity index (χ1n) is 5.60. The summed E-state index contributed by atoms with van der Waals surface area (Å²) >= 11 is 0. The molecular formula is C12H18N2O. The van der Waals surface area contributed by atoms with E-state index in [1.54, 1.807) is 0 Å². The number of rotatable bonds is 4. The third-order valence-electron chi connectivity index (χ3n) is 3.40. The molecule has 2 rings (SSSR count). The Morgan fingerprint density at radius 1 is 1.60 bits per heavy atom. The molecule has 15 heavy (non-hydrogen) atoms. The average Bonchev–Trinajstić information content (AvgIpc) is 2.85. The molecule has 0 radical (unpaired) electrons. The normalized spacial score (nSPS) is 17.8. The molecule has 1 aromatic rings. The summed E-state index contributed by atoms with van der Waals surface area (Å²) in [5, 5.41) is 4.35. The first-order valence-corrected chi connectivity index (χ1v) is 5.60. The fraction of sp³-hybridized carbons (Fsp3) is 0.667. The minimum atomic E-state index is -0.0172. The van der Waals surface area contributed by atoms with Crippen molar-refractivity contribution in [1.82, 2.24) is 9.78 Å². The van der Waals surface area contributed by atoms with E-state index in [1.807, 2.05) is 17.8 Å². The number of carbonyl (C=O) groups is 1. The fourth-order valence-electron chi connectivity index (χ4n) is 1.75. The van der Waals surface area contributed by atoms with Gasteiger partial charge in [-0.3, -0.25) is 9.48 Å². The summed E-state index contributed by atoms with van der Waals surface area (Å²) in [6.07, 6.45) is 3.59. The lowest BCUT2D eigenvalue weighted by Gasteiger charge is -2.06. The Bertz CT molecular complexity index is 388. The molecule has 1 aliphatic carbocycles. The van der Waals surface area contributed by atoms with E-state index in [0.29, 0.717) is 12.2 Å². The van der Waals surface area contributed by atoms with Crippen LogP contribution < -0.4 is 0 Å². The van der Waals surface area contributed by atoms with E-state index >= 15 is 0 Å². The van der Waals surface area contributed by atoms with Crippen LogP contribution in [0.3, 0.4) is 0 Å². The summed E-state index contributed by atoms with van der Waals surface area (Å²) in [5.41, 5.74) is 2.10. The molecule has 0 saturated heterocycles. The molecule has 1 aromatic heterocycles. The largest absolute Gasteiger partial charge is 0.299 e. The van der Waals surface area contributed by atoms with Gasteiger partial charge in [0.25, 0.3) is 0 Å². The van der Waals surface area contributed by atoms with E-state index in [0.717, 1.165) is 30.7 Å². The zero-order valence-corrected chi connectivity index (χ0v) is 9.71. The van der Waals surface area contributed by atoms with Crippen molar-refractivity contribution in [2.75, 3.05) is 0 Å². The molecular weight excluding hydrogens is 188 g/mol. The van der Waals surface area contributed by atoms with Gasteiger partial charge in [-0.1, -0.05) is 13.8 Å². The van der Waals surface area contributed by atoms with Crippen LogP contribution in [0.5, 0.6) is 0 Å². The molecule has 1 saturated carbocycles. The third kappa shape index (κ3) is 1.96. The SMILES string of the molecule is CCc1cc(CC(=O)C2(C)CC2)n(C)n1. The monoisotopic (exact) mass is 206 g/mol. The Morgan fingerprint density at radius 2 is 2.27 bits per heavy atom. The van der Waals surface area contributed by atoms with E-state index < -0.39 is 0 Å². The molecule has 3 heteroatoms. The smallest absolute Gasteiger partial charge is 0.144 e.